The average molecular weight is 252 g/mol. The molecule has 0 radical (unpaired) electrons. The van der Waals surface area contributed by atoms with Crippen molar-refractivity contribution in [2.24, 2.45) is 28.6 Å². The summed E-state index contributed by atoms with van der Waals surface area (Å²) in [5.41, 5.74) is -0.290. The van der Waals surface area contributed by atoms with Gasteiger partial charge in [-0.3, -0.25) is 9.59 Å². The van der Waals surface area contributed by atoms with Crippen LogP contribution in [0.1, 0.15) is 53.4 Å². The van der Waals surface area contributed by atoms with Crippen molar-refractivity contribution in [1.29, 1.82) is 0 Å². The number of carboxylic acid groups (broad SMARTS) is 1. The van der Waals surface area contributed by atoms with Crippen LogP contribution < -0.4 is 0 Å². The molecule has 2 saturated carbocycles. The highest BCUT2D eigenvalue weighted by Crippen LogP contribution is 2.66. The van der Waals surface area contributed by atoms with Gasteiger partial charge in [0, 0.05) is 11.8 Å². The molecule has 1 N–H and O–H groups in total. The zero-order valence-electron chi connectivity index (χ0n) is 11.8. The molecule has 0 spiro atoms. The predicted molar refractivity (Wildman–Crippen MR) is 69.1 cm³/mol. The first-order valence-corrected chi connectivity index (χ1v) is 6.94. The fraction of sp³-hybridized carbons (Fsp3) is 0.867. The van der Waals surface area contributed by atoms with Crippen LogP contribution in [0.3, 0.4) is 0 Å². The van der Waals surface area contributed by atoms with Crippen molar-refractivity contribution >= 4 is 11.8 Å². The lowest BCUT2D eigenvalue weighted by Gasteiger charge is -2.44. The van der Waals surface area contributed by atoms with E-state index in [1.807, 2.05) is 0 Å². The van der Waals surface area contributed by atoms with Gasteiger partial charge in [-0.25, -0.2) is 0 Å². The molecule has 0 aliphatic heterocycles. The van der Waals surface area contributed by atoms with Gasteiger partial charge in [-0.1, -0.05) is 20.8 Å². The van der Waals surface area contributed by atoms with Crippen LogP contribution in [0.4, 0.5) is 0 Å². The average Bonchev–Trinajstić information content (AvgIpc) is 2.36. The van der Waals surface area contributed by atoms with Crippen LogP contribution >= 0.6 is 0 Å². The van der Waals surface area contributed by atoms with E-state index >= 15 is 0 Å². The quantitative estimate of drug-likeness (QED) is 0.839. The number of ketones is 1. The molecule has 18 heavy (non-hydrogen) atoms. The van der Waals surface area contributed by atoms with Crippen molar-refractivity contribution in [3.05, 3.63) is 0 Å². The normalized spacial score (nSPS) is 41.7. The summed E-state index contributed by atoms with van der Waals surface area (Å²) >= 11 is 0. The minimum Gasteiger partial charge on any atom is -0.481 e. The molecule has 102 valence electrons. The highest BCUT2D eigenvalue weighted by molar-refractivity contribution is 5.84. The van der Waals surface area contributed by atoms with Crippen molar-refractivity contribution in [2.45, 2.75) is 53.4 Å². The number of aliphatic carboxylic acids is 1. The molecule has 0 amide bonds. The number of carbonyl (C=O) groups is 2. The number of fused-ring (bicyclic) bond motifs is 2. The van der Waals surface area contributed by atoms with E-state index in [4.69, 9.17) is 0 Å². The van der Waals surface area contributed by atoms with E-state index in [1.54, 1.807) is 6.92 Å². The van der Waals surface area contributed by atoms with Crippen molar-refractivity contribution < 1.29 is 14.7 Å². The van der Waals surface area contributed by atoms with Crippen molar-refractivity contribution in [3.8, 4) is 0 Å². The third-order valence-electron chi connectivity index (χ3n) is 5.74. The first-order valence-electron chi connectivity index (χ1n) is 6.94. The summed E-state index contributed by atoms with van der Waals surface area (Å²) in [7, 11) is 0. The van der Waals surface area contributed by atoms with Gasteiger partial charge in [-0.05, 0) is 49.4 Å². The van der Waals surface area contributed by atoms with E-state index in [0.717, 1.165) is 19.3 Å². The van der Waals surface area contributed by atoms with Crippen molar-refractivity contribution in [3.63, 3.8) is 0 Å². The summed E-state index contributed by atoms with van der Waals surface area (Å²) in [6.45, 7) is 8.20. The topological polar surface area (TPSA) is 54.4 Å². The molecule has 0 aromatic heterocycles. The Morgan fingerprint density at radius 2 is 1.89 bits per heavy atom. The highest BCUT2D eigenvalue weighted by atomic mass is 16.4. The van der Waals surface area contributed by atoms with Crippen molar-refractivity contribution in [1.82, 2.24) is 0 Å². The van der Waals surface area contributed by atoms with Gasteiger partial charge in [0.25, 0.3) is 0 Å². The van der Waals surface area contributed by atoms with Gasteiger partial charge in [0.2, 0.25) is 0 Å². The van der Waals surface area contributed by atoms with Crippen LogP contribution in [0.2, 0.25) is 0 Å². The molecule has 3 heteroatoms. The van der Waals surface area contributed by atoms with Gasteiger partial charge in [-0.2, -0.15) is 0 Å². The van der Waals surface area contributed by atoms with E-state index in [-0.39, 0.29) is 29.0 Å². The summed E-state index contributed by atoms with van der Waals surface area (Å²) in [5, 5.41) is 9.17. The monoisotopic (exact) mass is 252 g/mol. The SMILES string of the molecule is CC(=O)[C@@]12CC(C)(C)[C@@H](CC[C@@H]1C)C2CC(=O)O. The van der Waals surface area contributed by atoms with E-state index in [1.165, 1.54) is 0 Å². The first-order chi connectivity index (χ1) is 8.21. The van der Waals surface area contributed by atoms with Gasteiger partial charge in [0.1, 0.15) is 5.78 Å². The lowest BCUT2D eigenvalue weighted by Crippen LogP contribution is -2.44. The molecule has 2 fully saturated rings. The fourth-order valence-electron chi connectivity index (χ4n) is 4.98. The van der Waals surface area contributed by atoms with E-state index in [9.17, 15) is 14.7 Å². The molecule has 0 heterocycles. The Balaban J connectivity index is 2.47. The zero-order chi connectivity index (χ0) is 13.7. The van der Waals surface area contributed by atoms with Crippen LogP contribution in [0.5, 0.6) is 0 Å². The third-order valence-corrected chi connectivity index (χ3v) is 5.74. The third kappa shape index (κ3) is 1.70. The Labute approximate surface area is 109 Å². The maximum Gasteiger partial charge on any atom is 0.303 e. The maximum atomic E-state index is 12.3. The van der Waals surface area contributed by atoms with E-state index in [2.05, 4.69) is 20.8 Å². The Morgan fingerprint density at radius 3 is 2.39 bits per heavy atom. The molecular weight excluding hydrogens is 228 g/mol. The smallest absolute Gasteiger partial charge is 0.303 e. The molecule has 2 aliphatic rings. The van der Waals surface area contributed by atoms with Crippen LogP contribution in [-0.4, -0.2) is 16.9 Å². The number of hydrogen-bond acceptors (Lipinski definition) is 2. The van der Waals surface area contributed by atoms with Crippen LogP contribution in [0.15, 0.2) is 0 Å². The van der Waals surface area contributed by atoms with Crippen LogP contribution in [0.25, 0.3) is 0 Å². The largest absolute Gasteiger partial charge is 0.481 e. The number of rotatable bonds is 3. The number of carboxylic acids is 1. The van der Waals surface area contributed by atoms with E-state index < -0.39 is 5.97 Å². The number of carbonyl (C=O) groups excluding carboxylic acids is 1. The second-order valence-corrected chi connectivity index (χ2v) is 7.05. The van der Waals surface area contributed by atoms with Gasteiger partial charge in [0.05, 0.1) is 0 Å². The second-order valence-electron chi connectivity index (χ2n) is 7.05. The Hall–Kier alpha value is -0.860. The number of Topliss-reactive ketones (excluding diaryl/α,β-unsaturated/α-hetero) is 1. The zero-order valence-corrected chi connectivity index (χ0v) is 11.8. The van der Waals surface area contributed by atoms with Crippen molar-refractivity contribution in [2.75, 3.05) is 0 Å². The molecule has 0 aromatic rings. The maximum absolute atomic E-state index is 12.3. The molecule has 0 saturated heterocycles. The lowest BCUT2D eigenvalue weighted by molar-refractivity contribution is -0.144. The molecular formula is C15H24O3. The second kappa shape index (κ2) is 4.07. The molecule has 4 atom stereocenters. The van der Waals surface area contributed by atoms with Gasteiger partial charge < -0.3 is 5.11 Å². The van der Waals surface area contributed by atoms with Gasteiger partial charge in [-0.15, -0.1) is 0 Å². The summed E-state index contributed by atoms with van der Waals surface area (Å²) < 4.78 is 0. The molecule has 2 rings (SSSR count). The summed E-state index contributed by atoms with van der Waals surface area (Å²) in [6.07, 6.45) is 3.14. The molecule has 2 aliphatic carbocycles. The molecule has 3 nitrogen and oxygen atoms in total. The highest BCUT2D eigenvalue weighted by Gasteiger charge is 2.63. The lowest BCUT2D eigenvalue weighted by atomic mass is 9.59. The van der Waals surface area contributed by atoms with E-state index in [0.29, 0.717) is 11.8 Å². The van der Waals surface area contributed by atoms with Gasteiger partial charge in [0.15, 0.2) is 0 Å². The molecule has 1 unspecified atom stereocenters. The van der Waals surface area contributed by atoms with Crippen LogP contribution in [0, 0.1) is 28.6 Å². The molecule has 0 aromatic carbocycles. The minimum atomic E-state index is -0.762. The van der Waals surface area contributed by atoms with Crippen LogP contribution in [-0.2, 0) is 9.59 Å². The Kier molecular flexibility index (Phi) is 3.07. The standard InChI is InChI=1S/C15H24O3/c1-9-5-6-11-12(7-13(17)18)15(9,10(2)16)8-14(11,3)4/h9,11-12H,5-8H2,1-4H3,(H,17,18)/t9-,11-,12?,15+/m0/s1. The Morgan fingerprint density at radius 1 is 1.28 bits per heavy atom. The predicted octanol–water partition coefficient (Wildman–Crippen LogP) is 3.13. The summed E-state index contributed by atoms with van der Waals surface area (Å²) in [4.78, 5) is 23.4. The fourth-order valence-corrected chi connectivity index (χ4v) is 4.98. The molecule has 2 bridgehead atoms. The number of hydrogen-bond donors (Lipinski definition) is 1. The minimum absolute atomic E-state index is 0.0336. The van der Waals surface area contributed by atoms with Gasteiger partial charge >= 0.3 is 5.97 Å². The Bertz CT molecular complexity index is 385. The summed E-state index contributed by atoms with van der Waals surface area (Å²) in [6, 6.07) is 0. The summed E-state index contributed by atoms with van der Waals surface area (Å²) in [5.74, 6) is 0.177. The first kappa shape index (κ1) is 13.6.